The van der Waals surface area contributed by atoms with Gasteiger partial charge in [0.15, 0.2) is 0 Å². The smallest absolute Gasteiger partial charge is 0.242 e. The number of rotatable bonds is 4. The SMILES string of the molecule is CCC(=O)N1N=C(c2ccc(C)cc2)CC1c1ccc(OC)cc1. The molecule has 0 aliphatic carbocycles. The van der Waals surface area contributed by atoms with Gasteiger partial charge in [-0.25, -0.2) is 5.01 Å². The molecular weight excluding hydrogens is 300 g/mol. The molecule has 24 heavy (non-hydrogen) atoms. The Morgan fingerprint density at radius 2 is 1.83 bits per heavy atom. The van der Waals surface area contributed by atoms with Crippen LogP contribution in [-0.2, 0) is 4.79 Å². The Bertz CT molecular complexity index is 748. The summed E-state index contributed by atoms with van der Waals surface area (Å²) >= 11 is 0. The van der Waals surface area contributed by atoms with Gasteiger partial charge in [0.05, 0.1) is 18.9 Å². The van der Waals surface area contributed by atoms with Gasteiger partial charge in [0.25, 0.3) is 0 Å². The van der Waals surface area contributed by atoms with Crippen LogP contribution >= 0.6 is 0 Å². The number of aryl methyl sites for hydroxylation is 1. The molecule has 0 N–H and O–H groups in total. The zero-order valence-corrected chi connectivity index (χ0v) is 14.3. The van der Waals surface area contributed by atoms with Gasteiger partial charge in [-0.1, -0.05) is 48.9 Å². The second-order valence-electron chi connectivity index (χ2n) is 6.00. The quantitative estimate of drug-likeness (QED) is 0.851. The van der Waals surface area contributed by atoms with Crippen LogP contribution in [0.5, 0.6) is 5.75 Å². The second kappa shape index (κ2) is 6.87. The van der Waals surface area contributed by atoms with Gasteiger partial charge in [0.2, 0.25) is 5.91 Å². The van der Waals surface area contributed by atoms with E-state index in [1.165, 1.54) is 5.56 Å². The van der Waals surface area contributed by atoms with E-state index in [1.807, 2.05) is 31.2 Å². The fourth-order valence-electron chi connectivity index (χ4n) is 2.91. The summed E-state index contributed by atoms with van der Waals surface area (Å²) in [5, 5.41) is 6.26. The molecule has 0 fully saturated rings. The van der Waals surface area contributed by atoms with E-state index in [9.17, 15) is 4.79 Å². The monoisotopic (exact) mass is 322 g/mol. The molecule has 0 bridgehead atoms. The Labute approximate surface area is 142 Å². The van der Waals surface area contributed by atoms with Crippen LogP contribution in [-0.4, -0.2) is 23.7 Å². The Morgan fingerprint density at radius 3 is 2.42 bits per heavy atom. The summed E-state index contributed by atoms with van der Waals surface area (Å²) in [6.45, 7) is 3.93. The molecule has 0 radical (unpaired) electrons. The van der Waals surface area contributed by atoms with Crippen LogP contribution in [0.3, 0.4) is 0 Å². The van der Waals surface area contributed by atoms with Crippen molar-refractivity contribution in [3.63, 3.8) is 0 Å². The highest BCUT2D eigenvalue weighted by molar-refractivity contribution is 6.03. The number of hydrogen-bond donors (Lipinski definition) is 0. The van der Waals surface area contributed by atoms with Gasteiger partial charge in [0, 0.05) is 12.8 Å². The zero-order chi connectivity index (χ0) is 17.1. The molecule has 1 atom stereocenters. The first-order chi connectivity index (χ1) is 11.6. The van der Waals surface area contributed by atoms with E-state index >= 15 is 0 Å². The van der Waals surface area contributed by atoms with Crippen LogP contribution in [0.15, 0.2) is 53.6 Å². The second-order valence-corrected chi connectivity index (χ2v) is 6.00. The minimum atomic E-state index is -0.0559. The van der Waals surface area contributed by atoms with Gasteiger partial charge >= 0.3 is 0 Å². The van der Waals surface area contributed by atoms with Crippen molar-refractivity contribution in [2.45, 2.75) is 32.7 Å². The molecule has 0 aromatic heterocycles. The number of hydrogen-bond acceptors (Lipinski definition) is 3. The normalized spacial score (nSPS) is 16.9. The minimum Gasteiger partial charge on any atom is -0.497 e. The summed E-state index contributed by atoms with van der Waals surface area (Å²) in [5.41, 5.74) is 4.32. The first kappa shape index (κ1) is 16.2. The average Bonchev–Trinajstić information content (AvgIpc) is 3.07. The molecule has 0 saturated heterocycles. The van der Waals surface area contributed by atoms with Crippen LogP contribution < -0.4 is 4.74 Å². The zero-order valence-electron chi connectivity index (χ0n) is 14.3. The first-order valence-corrected chi connectivity index (χ1v) is 8.23. The molecule has 3 rings (SSSR count). The van der Waals surface area contributed by atoms with Crippen LogP contribution in [0.25, 0.3) is 0 Å². The summed E-state index contributed by atoms with van der Waals surface area (Å²) in [4.78, 5) is 12.3. The number of ether oxygens (including phenoxy) is 1. The van der Waals surface area contributed by atoms with Crippen LogP contribution in [0.2, 0.25) is 0 Å². The fourth-order valence-corrected chi connectivity index (χ4v) is 2.91. The van der Waals surface area contributed by atoms with E-state index in [-0.39, 0.29) is 11.9 Å². The Morgan fingerprint density at radius 1 is 1.17 bits per heavy atom. The van der Waals surface area contributed by atoms with Gasteiger partial charge in [-0.05, 0) is 30.2 Å². The number of amides is 1. The molecular formula is C20H22N2O2. The summed E-state index contributed by atoms with van der Waals surface area (Å²) in [6, 6.07) is 16.1. The molecule has 124 valence electrons. The highest BCUT2D eigenvalue weighted by Crippen LogP contribution is 2.34. The number of carbonyl (C=O) groups is 1. The van der Waals surface area contributed by atoms with Crippen molar-refractivity contribution in [1.82, 2.24) is 5.01 Å². The molecule has 0 spiro atoms. The predicted octanol–water partition coefficient (Wildman–Crippen LogP) is 4.09. The standard InChI is InChI=1S/C20H22N2O2/c1-4-20(23)22-19(16-9-11-17(24-3)12-10-16)13-18(21-22)15-7-5-14(2)6-8-15/h5-12,19H,4,13H2,1-3H3. The van der Waals surface area contributed by atoms with E-state index in [4.69, 9.17) is 4.74 Å². The van der Waals surface area contributed by atoms with Gasteiger partial charge < -0.3 is 4.74 Å². The van der Waals surface area contributed by atoms with E-state index in [1.54, 1.807) is 12.1 Å². The molecule has 2 aromatic carbocycles. The maximum absolute atomic E-state index is 12.3. The van der Waals surface area contributed by atoms with E-state index in [0.717, 1.165) is 29.0 Å². The van der Waals surface area contributed by atoms with Crippen molar-refractivity contribution in [1.29, 1.82) is 0 Å². The predicted molar refractivity (Wildman–Crippen MR) is 95.2 cm³/mol. The first-order valence-electron chi connectivity index (χ1n) is 8.23. The number of carbonyl (C=O) groups excluding carboxylic acids is 1. The maximum Gasteiger partial charge on any atom is 0.242 e. The Kier molecular flexibility index (Phi) is 4.65. The molecule has 1 heterocycles. The van der Waals surface area contributed by atoms with E-state index < -0.39 is 0 Å². The number of nitrogens with zero attached hydrogens (tertiary/aromatic N) is 2. The molecule has 1 amide bonds. The number of benzene rings is 2. The summed E-state index contributed by atoms with van der Waals surface area (Å²) < 4.78 is 5.22. The van der Waals surface area contributed by atoms with Crippen molar-refractivity contribution in [3.8, 4) is 5.75 Å². The number of methoxy groups -OCH3 is 1. The lowest BCUT2D eigenvalue weighted by Gasteiger charge is -2.21. The van der Waals surface area contributed by atoms with Crippen molar-refractivity contribution in [2.75, 3.05) is 7.11 Å². The van der Waals surface area contributed by atoms with Gasteiger partial charge in [-0.2, -0.15) is 5.10 Å². The van der Waals surface area contributed by atoms with Crippen molar-refractivity contribution in [3.05, 3.63) is 65.2 Å². The topological polar surface area (TPSA) is 41.9 Å². The lowest BCUT2D eigenvalue weighted by atomic mass is 9.98. The van der Waals surface area contributed by atoms with Crippen LogP contribution in [0, 0.1) is 6.92 Å². The third-order valence-electron chi connectivity index (χ3n) is 4.35. The highest BCUT2D eigenvalue weighted by atomic mass is 16.5. The summed E-state index contributed by atoms with van der Waals surface area (Å²) in [5.74, 6) is 0.850. The third-order valence-corrected chi connectivity index (χ3v) is 4.35. The highest BCUT2D eigenvalue weighted by Gasteiger charge is 2.32. The van der Waals surface area contributed by atoms with Crippen molar-refractivity contribution in [2.24, 2.45) is 5.10 Å². The van der Waals surface area contributed by atoms with Crippen LogP contribution in [0.1, 0.15) is 42.5 Å². The largest absolute Gasteiger partial charge is 0.497 e. The molecule has 1 aliphatic heterocycles. The fraction of sp³-hybridized carbons (Fsp3) is 0.300. The third kappa shape index (κ3) is 3.18. The van der Waals surface area contributed by atoms with E-state index in [2.05, 4.69) is 36.3 Å². The van der Waals surface area contributed by atoms with Gasteiger partial charge in [-0.15, -0.1) is 0 Å². The molecule has 1 aliphatic rings. The lowest BCUT2D eigenvalue weighted by molar-refractivity contribution is -0.132. The number of hydrazone groups is 1. The molecule has 1 unspecified atom stereocenters. The maximum atomic E-state index is 12.3. The molecule has 4 nitrogen and oxygen atoms in total. The molecule has 0 saturated carbocycles. The summed E-state index contributed by atoms with van der Waals surface area (Å²) in [7, 11) is 1.65. The lowest BCUT2D eigenvalue weighted by Crippen LogP contribution is -2.26. The van der Waals surface area contributed by atoms with Crippen molar-refractivity contribution < 1.29 is 9.53 Å². The molecule has 4 heteroatoms. The van der Waals surface area contributed by atoms with E-state index in [0.29, 0.717) is 6.42 Å². The Hall–Kier alpha value is -2.62. The van der Waals surface area contributed by atoms with Gasteiger partial charge in [0.1, 0.15) is 5.75 Å². The Balaban J connectivity index is 1.91. The van der Waals surface area contributed by atoms with Crippen LogP contribution in [0.4, 0.5) is 0 Å². The summed E-state index contributed by atoms with van der Waals surface area (Å²) in [6.07, 6.45) is 1.17. The van der Waals surface area contributed by atoms with Crippen molar-refractivity contribution >= 4 is 11.6 Å². The van der Waals surface area contributed by atoms with Gasteiger partial charge in [-0.3, -0.25) is 4.79 Å². The minimum absolute atomic E-state index is 0.0397. The average molecular weight is 322 g/mol. The molecule has 2 aromatic rings.